The van der Waals surface area contributed by atoms with E-state index in [9.17, 15) is 4.79 Å². The van der Waals surface area contributed by atoms with Gasteiger partial charge in [-0.15, -0.1) is 11.3 Å². The van der Waals surface area contributed by atoms with Crippen LogP contribution in [0.3, 0.4) is 0 Å². The van der Waals surface area contributed by atoms with Gasteiger partial charge in [0.25, 0.3) is 0 Å². The molecule has 1 unspecified atom stereocenters. The lowest BCUT2D eigenvalue weighted by Gasteiger charge is -2.11. The van der Waals surface area contributed by atoms with Crippen LogP contribution in [0.5, 0.6) is 0 Å². The van der Waals surface area contributed by atoms with Crippen molar-refractivity contribution in [3.05, 3.63) is 20.8 Å². The van der Waals surface area contributed by atoms with Crippen LogP contribution in [0.1, 0.15) is 29.8 Å². The zero-order valence-corrected chi connectivity index (χ0v) is 10.7. The average Bonchev–Trinajstić information content (AvgIpc) is 2.75. The number of rotatable bonds is 4. The van der Waals surface area contributed by atoms with E-state index in [1.165, 1.54) is 10.4 Å². The molecule has 1 aromatic rings. The number of halogens is 1. The molecule has 1 aromatic heterocycles. The largest absolute Gasteiger partial charge is 0.465 e. The number of aryl methyl sites for hydroxylation is 1. The first-order valence-corrected chi connectivity index (χ1v) is 6.57. The molecule has 88 valence electrons. The fourth-order valence-electron chi connectivity index (χ4n) is 1.96. The van der Waals surface area contributed by atoms with Gasteiger partial charge in [0, 0.05) is 10.9 Å². The van der Waals surface area contributed by atoms with Crippen molar-refractivity contribution in [1.82, 2.24) is 5.32 Å². The number of nitrogens with one attached hydrogen (secondary N) is 1. The third kappa shape index (κ3) is 2.56. The fraction of sp³-hybridized carbons (Fsp3) is 0.545. The lowest BCUT2D eigenvalue weighted by molar-refractivity contribution is -0.142. The highest BCUT2D eigenvalue weighted by atomic mass is 35.5. The first-order valence-electron chi connectivity index (χ1n) is 5.37. The van der Waals surface area contributed by atoms with E-state index < -0.39 is 0 Å². The molecule has 1 N–H and O–H groups in total. The summed E-state index contributed by atoms with van der Waals surface area (Å²) >= 11 is 7.59. The van der Waals surface area contributed by atoms with E-state index >= 15 is 0 Å². The molecule has 0 bridgehead atoms. The van der Waals surface area contributed by atoms with E-state index in [-0.39, 0.29) is 18.6 Å². The minimum atomic E-state index is -0.197. The summed E-state index contributed by atoms with van der Waals surface area (Å²) < 4.78 is 5.70. The van der Waals surface area contributed by atoms with Crippen LogP contribution in [0.4, 0.5) is 0 Å². The number of carbonyl (C=O) groups is 1. The smallest absolute Gasteiger partial charge is 0.319 e. The van der Waals surface area contributed by atoms with Crippen molar-refractivity contribution >= 4 is 28.9 Å². The van der Waals surface area contributed by atoms with Gasteiger partial charge in [0.2, 0.25) is 0 Å². The highest BCUT2D eigenvalue weighted by Gasteiger charge is 2.25. The lowest BCUT2D eigenvalue weighted by atomic mass is 10.2. The molecule has 0 saturated carbocycles. The van der Waals surface area contributed by atoms with Crippen molar-refractivity contribution in [2.75, 3.05) is 13.2 Å². The normalized spacial score (nSPS) is 18.5. The Bertz CT molecular complexity index is 391. The molecule has 1 atom stereocenters. The van der Waals surface area contributed by atoms with Crippen molar-refractivity contribution in [2.24, 2.45) is 0 Å². The maximum Gasteiger partial charge on any atom is 0.319 e. The standard InChI is InChI=1S/C11H14ClNO2S/c1-2-15-11(14)6-13-8-3-4-9-7(8)5-10(12)16-9/h5,8,13H,2-4,6H2,1H3. The number of ether oxygens (including phenoxy) is 1. The van der Waals surface area contributed by atoms with Crippen LogP contribution in [0, 0.1) is 0 Å². The van der Waals surface area contributed by atoms with Gasteiger partial charge in [0.1, 0.15) is 0 Å². The molecule has 3 nitrogen and oxygen atoms in total. The number of esters is 1. The van der Waals surface area contributed by atoms with E-state index in [1.54, 1.807) is 11.3 Å². The molecule has 5 heteroatoms. The first-order chi connectivity index (χ1) is 7.70. The van der Waals surface area contributed by atoms with E-state index in [2.05, 4.69) is 5.32 Å². The molecule has 16 heavy (non-hydrogen) atoms. The minimum Gasteiger partial charge on any atom is -0.465 e. The highest BCUT2D eigenvalue weighted by Crippen LogP contribution is 2.39. The molecule has 1 heterocycles. The topological polar surface area (TPSA) is 38.3 Å². The van der Waals surface area contributed by atoms with Crippen molar-refractivity contribution in [3.63, 3.8) is 0 Å². The number of carbonyl (C=O) groups excluding carboxylic acids is 1. The van der Waals surface area contributed by atoms with Gasteiger partial charge >= 0.3 is 5.97 Å². The second kappa shape index (κ2) is 5.17. The Morgan fingerprint density at radius 1 is 1.75 bits per heavy atom. The molecular weight excluding hydrogens is 246 g/mol. The van der Waals surface area contributed by atoms with Gasteiger partial charge in [-0.1, -0.05) is 11.6 Å². The summed E-state index contributed by atoms with van der Waals surface area (Å²) in [5, 5.41) is 3.21. The van der Waals surface area contributed by atoms with Crippen molar-refractivity contribution < 1.29 is 9.53 Å². The molecule has 0 aromatic carbocycles. The van der Waals surface area contributed by atoms with Crippen LogP contribution in [-0.4, -0.2) is 19.1 Å². The first kappa shape index (κ1) is 11.9. The van der Waals surface area contributed by atoms with Crippen LogP contribution < -0.4 is 5.32 Å². The molecule has 1 aliphatic rings. The van der Waals surface area contributed by atoms with Gasteiger partial charge in [0.15, 0.2) is 0 Å². The van der Waals surface area contributed by atoms with Gasteiger partial charge in [-0.3, -0.25) is 10.1 Å². The Morgan fingerprint density at radius 3 is 3.31 bits per heavy atom. The Morgan fingerprint density at radius 2 is 2.56 bits per heavy atom. The maximum absolute atomic E-state index is 11.2. The third-order valence-electron chi connectivity index (χ3n) is 2.65. The van der Waals surface area contributed by atoms with Gasteiger partial charge in [-0.25, -0.2) is 0 Å². The van der Waals surface area contributed by atoms with E-state index in [0.29, 0.717) is 6.61 Å². The molecule has 0 radical (unpaired) electrons. The Hall–Kier alpha value is -0.580. The maximum atomic E-state index is 11.2. The summed E-state index contributed by atoms with van der Waals surface area (Å²) in [7, 11) is 0. The predicted molar refractivity (Wildman–Crippen MR) is 65.0 cm³/mol. The highest BCUT2D eigenvalue weighted by molar-refractivity contribution is 7.16. The van der Waals surface area contributed by atoms with Crippen molar-refractivity contribution in [2.45, 2.75) is 25.8 Å². The minimum absolute atomic E-state index is 0.197. The summed E-state index contributed by atoms with van der Waals surface area (Å²) in [6.07, 6.45) is 2.09. The lowest BCUT2D eigenvalue weighted by Crippen LogP contribution is -2.27. The molecule has 2 rings (SSSR count). The van der Waals surface area contributed by atoms with E-state index in [4.69, 9.17) is 16.3 Å². The average molecular weight is 260 g/mol. The molecular formula is C11H14ClNO2S. The van der Waals surface area contributed by atoms with Crippen molar-refractivity contribution in [1.29, 1.82) is 0 Å². The fourth-order valence-corrected chi connectivity index (χ4v) is 3.32. The second-order valence-corrected chi connectivity index (χ2v) is 5.47. The van der Waals surface area contributed by atoms with Gasteiger partial charge < -0.3 is 4.74 Å². The third-order valence-corrected chi connectivity index (χ3v) is 3.98. The van der Waals surface area contributed by atoms with Gasteiger partial charge in [-0.2, -0.15) is 0 Å². The van der Waals surface area contributed by atoms with Crippen LogP contribution in [0.2, 0.25) is 4.34 Å². The van der Waals surface area contributed by atoms with Gasteiger partial charge in [-0.05, 0) is 31.4 Å². The second-order valence-electron chi connectivity index (χ2n) is 3.71. The summed E-state index contributed by atoms with van der Waals surface area (Å²) in [6.45, 7) is 2.51. The van der Waals surface area contributed by atoms with Crippen LogP contribution in [0.25, 0.3) is 0 Å². The molecule has 0 amide bonds. The number of hydrogen-bond acceptors (Lipinski definition) is 4. The number of fused-ring (bicyclic) bond motifs is 1. The quantitative estimate of drug-likeness (QED) is 0.845. The summed E-state index contributed by atoms with van der Waals surface area (Å²) in [5.41, 5.74) is 1.25. The Labute approximate surface area is 104 Å². The molecule has 1 aliphatic carbocycles. The van der Waals surface area contributed by atoms with E-state index in [1.807, 2.05) is 13.0 Å². The monoisotopic (exact) mass is 259 g/mol. The van der Waals surface area contributed by atoms with Crippen LogP contribution in [-0.2, 0) is 16.0 Å². The molecule has 0 fully saturated rings. The number of thiophene rings is 1. The molecule has 0 aliphatic heterocycles. The predicted octanol–water partition coefficient (Wildman–Crippen LogP) is 2.54. The SMILES string of the molecule is CCOC(=O)CNC1CCc2sc(Cl)cc21. The van der Waals surface area contributed by atoms with Crippen LogP contribution >= 0.6 is 22.9 Å². The van der Waals surface area contributed by atoms with Crippen molar-refractivity contribution in [3.8, 4) is 0 Å². The zero-order valence-electron chi connectivity index (χ0n) is 9.09. The summed E-state index contributed by atoms with van der Waals surface area (Å²) in [5.74, 6) is -0.197. The summed E-state index contributed by atoms with van der Waals surface area (Å²) in [4.78, 5) is 12.5. The zero-order chi connectivity index (χ0) is 11.5. The Balaban J connectivity index is 1.90. The van der Waals surface area contributed by atoms with Gasteiger partial charge in [0.05, 0.1) is 17.5 Å². The summed E-state index contributed by atoms with van der Waals surface area (Å²) in [6, 6.07) is 2.25. The molecule has 0 saturated heterocycles. The number of hydrogen-bond donors (Lipinski definition) is 1. The van der Waals surface area contributed by atoms with Crippen LogP contribution in [0.15, 0.2) is 6.07 Å². The Kier molecular flexibility index (Phi) is 3.84. The molecule has 0 spiro atoms. The van der Waals surface area contributed by atoms with E-state index in [0.717, 1.165) is 17.2 Å².